The van der Waals surface area contributed by atoms with Gasteiger partial charge in [0.2, 0.25) is 0 Å². The van der Waals surface area contributed by atoms with Crippen LogP contribution in [0.15, 0.2) is 42.7 Å². The number of carbonyl (C=O) groups excluding carboxylic acids is 1. The van der Waals surface area contributed by atoms with Crippen molar-refractivity contribution in [1.82, 2.24) is 10.6 Å². The molecule has 1 atom stereocenters. The van der Waals surface area contributed by atoms with E-state index in [1.54, 1.807) is 37.3 Å². The first-order valence-electron chi connectivity index (χ1n) is 6.92. The summed E-state index contributed by atoms with van der Waals surface area (Å²) in [6.45, 7) is 0.883. The molecule has 0 aliphatic heterocycles. The summed E-state index contributed by atoms with van der Waals surface area (Å²) >= 11 is 0. The summed E-state index contributed by atoms with van der Waals surface area (Å²) in [4.78, 5) is 11.6. The fourth-order valence-electron chi connectivity index (χ4n) is 1.57. The van der Waals surface area contributed by atoms with Gasteiger partial charge in [-0.1, -0.05) is 30.3 Å². The predicted molar refractivity (Wildman–Crippen MR) is 78.5 cm³/mol. The Balaban J connectivity index is 2.55. The number of rotatable bonds is 7. The SMILES string of the molecule is CCOC=CC(O)(CNC(=O)NCc1ccccc1)C(F)(F)F. The van der Waals surface area contributed by atoms with Crippen molar-refractivity contribution < 1.29 is 27.8 Å². The molecule has 8 heteroatoms. The maximum absolute atomic E-state index is 12.9. The molecular weight excluding hydrogens is 313 g/mol. The molecule has 0 aliphatic carbocycles. The topological polar surface area (TPSA) is 70.6 Å². The van der Waals surface area contributed by atoms with Gasteiger partial charge in [0.25, 0.3) is 0 Å². The first-order valence-corrected chi connectivity index (χ1v) is 6.92. The number of hydrogen-bond acceptors (Lipinski definition) is 3. The highest BCUT2D eigenvalue weighted by Gasteiger charge is 2.52. The number of hydrogen-bond donors (Lipinski definition) is 3. The fraction of sp³-hybridized carbons (Fsp3) is 0.400. The number of urea groups is 1. The lowest BCUT2D eigenvalue weighted by atomic mass is 10.0. The van der Waals surface area contributed by atoms with E-state index >= 15 is 0 Å². The molecule has 0 fully saturated rings. The summed E-state index contributed by atoms with van der Waals surface area (Å²) in [7, 11) is 0. The second-order valence-electron chi connectivity index (χ2n) is 4.70. The van der Waals surface area contributed by atoms with Gasteiger partial charge in [-0.05, 0) is 18.6 Å². The Hall–Kier alpha value is -2.22. The zero-order valence-electron chi connectivity index (χ0n) is 12.6. The average molecular weight is 332 g/mol. The highest BCUT2D eigenvalue weighted by Crippen LogP contribution is 2.31. The number of halogens is 3. The van der Waals surface area contributed by atoms with E-state index in [1.807, 2.05) is 5.32 Å². The number of nitrogens with one attached hydrogen (secondary N) is 2. The summed E-state index contributed by atoms with van der Waals surface area (Å²) in [5, 5.41) is 14.1. The monoisotopic (exact) mass is 332 g/mol. The van der Waals surface area contributed by atoms with Crippen LogP contribution in [0.2, 0.25) is 0 Å². The molecule has 1 aromatic carbocycles. The van der Waals surface area contributed by atoms with Gasteiger partial charge in [0.1, 0.15) is 0 Å². The number of alkyl halides is 3. The number of benzene rings is 1. The van der Waals surface area contributed by atoms with Crippen molar-refractivity contribution in [3.8, 4) is 0 Å². The average Bonchev–Trinajstić information content (AvgIpc) is 2.51. The largest absolute Gasteiger partial charge is 0.502 e. The Bertz CT molecular complexity index is 520. The smallest absolute Gasteiger partial charge is 0.422 e. The quantitative estimate of drug-likeness (QED) is 0.671. The number of ether oxygens (including phenoxy) is 1. The van der Waals surface area contributed by atoms with Gasteiger partial charge < -0.3 is 20.5 Å². The minimum atomic E-state index is -4.95. The third kappa shape index (κ3) is 6.19. The molecule has 1 rings (SSSR count). The van der Waals surface area contributed by atoms with E-state index in [0.29, 0.717) is 6.08 Å². The van der Waals surface area contributed by atoms with Crippen molar-refractivity contribution >= 4 is 6.03 Å². The lowest BCUT2D eigenvalue weighted by Gasteiger charge is -2.27. The molecule has 23 heavy (non-hydrogen) atoms. The molecule has 0 bridgehead atoms. The van der Waals surface area contributed by atoms with Crippen LogP contribution in [0.4, 0.5) is 18.0 Å². The number of aliphatic hydroxyl groups is 1. The van der Waals surface area contributed by atoms with Crippen LogP contribution < -0.4 is 10.6 Å². The van der Waals surface area contributed by atoms with Gasteiger partial charge >= 0.3 is 12.2 Å². The fourth-order valence-corrected chi connectivity index (χ4v) is 1.57. The van der Waals surface area contributed by atoms with E-state index in [9.17, 15) is 23.1 Å². The molecule has 0 saturated carbocycles. The third-order valence-corrected chi connectivity index (χ3v) is 2.91. The standard InChI is InChI=1S/C15H19F3N2O3/c1-2-23-9-8-14(22,15(16,17)18)11-20-13(21)19-10-12-6-4-3-5-7-12/h3-9,22H,2,10-11H2,1H3,(H2,19,20,21). The molecule has 0 saturated heterocycles. The van der Waals surface area contributed by atoms with Crippen LogP contribution >= 0.6 is 0 Å². The first-order chi connectivity index (χ1) is 10.8. The van der Waals surface area contributed by atoms with Crippen molar-refractivity contribution in [2.75, 3.05) is 13.2 Å². The molecule has 128 valence electrons. The van der Waals surface area contributed by atoms with Crippen LogP contribution in [-0.4, -0.2) is 36.1 Å². The summed E-state index contributed by atoms with van der Waals surface area (Å²) < 4.78 is 43.4. The van der Waals surface area contributed by atoms with E-state index in [4.69, 9.17) is 0 Å². The molecular formula is C15H19F3N2O3. The van der Waals surface area contributed by atoms with Crippen LogP contribution in [0.3, 0.4) is 0 Å². The van der Waals surface area contributed by atoms with Gasteiger partial charge in [0.05, 0.1) is 19.4 Å². The normalized spacial score (nSPS) is 14.3. The van der Waals surface area contributed by atoms with Gasteiger partial charge in [0, 0.05) is 6.54 Å². The van der Waals surface area contributed by atoms with Crippen LogP contribution in [0.1, 0.15) is 12.5 Å². The molecule has 1 unspecified atom stereocenters. The van der Waals surface area contributed by atoms with Crippen molar-refractivity contribution in [2.45, 2.75) is 25.2 Å². The van der Waals surface area contributed by atoms with Crippen LogP contribution in [0.5, 0.6) is 0 Å². The van der Waals surface area contributed by atoms with Crippen molar-refractivity contribution in [3.63, 3.8) is 0 Å². The third-order valence-electron chi connectivity index (χ3n) is 2.91. The molecule has 0 radical (unpaired) electrons. The van der Waals surface area contributed by atoms with Crippen molar-refractivity contribution in [3.05, 3.63) is 48.2 Å². The number of amides is 2. The summed E-state index contributed by atoms with van der Waals surface area (Å²) in [6, 6.07) is 8.05. The van der Waals surface area contributed by atoms with Gasteiger partial charge in [-0.15, -0.1) is 0 Å². The Kier molecular flexibility index (Phi) is 6.89. The van der Waals surface area contributed by atoms with Crippen LogP contribution in [-0.2, 0) is 11.3 Å². The molecule has 2 amide bonds. The molecule has 0 spiro atoms. The van der Waals surface area contributed by atoms with Crippen molar-refractivity contribution in [1.29, 1.82) is 0 Å². The van der Waals surface area contributed by atoms with E-state index in [0.717, 1.165) is 11.8 Å². The van der Waals surface area contributed by atoms with Crippen LogP contribution in [0, 0.1) is 0 Å². The summed E-state index contributed by atoms with van der Waals surface area (Å²) in [5.41, 5.74) is -2.41. The van der Waals surface area contributed by atoms with E-state index in [2.05, 4.69) is 10.1 Å². The minimum Gasteiger partial charge on any atom is -0.502 e. The minimum absolute atomic E-state index is 0.159. The Morgan fingerprint density at radius 1 is 1.26 bits per heavy atom. The Morgan fingerprint density at radius 2 is 1.91 bits per heavy atom. The second-order valence-corrected chi connectivity index (χ2v) is 4.70. The molecule has 1 aromatic rings. The van der Waals surface area contributed by atoms with Gasteiger partial charge in [-0.3, -0.25) is 0 Å². The summed E-state index contributed by atoms with van der Waals surface area (Å²) in [5.74, 6) is 0. The molecule has 5 nitrogen and oxygen atoms in total. The predicted octanol–water partition coefficient (Wildman–Crippen LogP) is 2.33. The second kappa shape index (κ2) is 8.42. The maximum atomic E-state index is 12.9. The zero-order valence-corrected chi connectivity index (χ0v) is 12.6. The zero-order chi connectivity index (χ0) is 17.3. The first kappa shape index (κ1) is 18.8. The molecule has 0 aromatic heterocycles. The van der Waals surface area contributed by atoms with E-state index < -0.39 is 24.4 Å². The maximum Gasteiger partial charge on any atom is 0.422 e. The van der Waals surface area contributed by atoms with Gasteiger partial charge in [-0.2, -0.15) is 13.2 Å². The van der Waals surface area contributed by atoms with Crippen molar-refractivity contribution in [2.24, 2.45) is 0 Å². The number of carbonyl (C=O) groups is 1. The highest BCUT2D eigenvalue weighted by molar-refractivity contribution is 5.74. The van der Waals surface area contributed by atoms with Crippen LogP contribution in [0.25, 0.3) is 0 Å². The Labute approximate surface area is 132 Å². The molecule has 3 N–H and O–H groups in total. The van der Waals surface area contributed by atoms with E-state index in [1.165, 1.54) is 0 Å². The Morgan fingerprint density at radius 3 is 2.48 bits per heavy atom. The lowest BCUT2D eigenvalue weighted by molar-refractivity contribution is -0.237. The molecule has 0 heterocycles. The highest BCUT2D eigenvalue weighted by atomic mass is 19.4. The van der Waals surface area contributed by atoms with Gasteiger partial charge in [0.15, 0.2) is 5.60 Å². The van der Waals surface area contributed by atoms with E-state index in [-0.39, 0.29) is 13.2 Å². The summed E-state index contributed by atoms with van der Waals surface area (Å²) in [6.07, 6.45) is -3.72. The lowest BCUT2D eigenvalue weighted by Crippen LogP contribution is -2.53. The van der Waals surface area contributed by atoms with Gasteiger partial charge in [-0.25, -0.2) is 4.79 Å². The molecule has 0 aliphatic rings.